The number of thiazole rings is 1. The van der Waals surface area contributed by atoms with E-state index in [4.69, 9.17) is 11.6 Å². The molecule has 0 unspecified atom stereocenters. The van der Waals surface area contributed by atoms with E-state index < -0.39 is 9.84 Å². The van der Waals surface area contributed by atoms with Gasteiger partial charge in [0.2, 0.25) is 5.00 Å². The van der Waals surface area contributed by atoms with Crippen LogP contribution in [0.1, 0.15) is 32.6 Å². The number of hydrogen-bond acceptors (Lipinski definition) is 5. The van der Waals surface area contributed by atoms with Gasteiger partial charge in [0.15, 0.2) is 14.6 Å². The van der Waals surface area contributed by atoms with E-state index in [0.29, 0.717) is 18.1 Å². The van der Waals surface area contributed by atoms with Gasteiger partial charge in [0.05, 0.1) is 36.4 Å². The van der Waals surface area contributed by atoms with Crippen LogP contribution >= 0.6 is 22.9 Å². The van der Waals surface area contributed by atoms with Gasteiger partial charge in [-0.15, -0.1) is 0 Å². The summed E-state index contributed by atoms with van der Waals surface area (Å²) in [5.41, 5.74) is 0. The van der Waals surface area contributed by atoms with Crippen molar-refractivity contribution in [1.82, 2.24) is 9.05 Å². The molecule has 1 amide bonds. The normalized spacial score (nSPS) is 16.9. The lowest BCUT2D eigenvalue weighted by molar-refractivity contribution is -0.130. The number of carbonyl (C=O) groups excluding carboxylic acids is 1. The number of likely N-dealkylation sites (tertiary alicyclic amines) is 1. The molecule has 2 aromatic carbocycles. The number of nitrogens with zero attached hydrogens (tertiary/aromatic N) is 3. The van der Waals surface area contributed by atoms with Crippen LogP contribution in [-0.2, 0) is 21.2 Å². The lowest BCUT2D eigenvalue weighted by Crippen LogP contribution is -2.57. The number of aromatic nitrogens is 1. The van der Waals surface area contributed by atoms with Crippen LogP contribution in [0.25, 0.3) is 10.8 Å². The molecule has 2 heterocycles. The standard InChI is InChI=1S/C24H29ClN3O3S2/c1-3-27-17-23(32-24(27)26-2)28(12-5-4-6-13-28)22(29)11-14-33(30,31)21-10-8-18-15-20(25)9-7-19(18)16-21/h7-10,15-17H,3-6,11-14H2,1-2H3/q+1. The first-order valence-electron chi connectivity index (χ1n) is 11.3. The third-order valence-electron chi connectivity index (χ3n) is 6.44. The smallest absolute Gasteiger partial charge is 0.318 e. The minimum atomic E-state index is -3.60. The minimum absolute atomic E-state index is 0.0103. The molecule has 3 aromatic rings. The Morgan fingerprint density at radius 2 is 1.82 bits per heavy atom. The number of carbonyl (C=O) groups is 1. The van der Waals surface area contributed by atoms with Crippen LogP contribution in [0.5, 0.6) is 0 Å². The van der Waals surface area contributed by atoms with Crippen molar-refractivity contribution in [3.05, 3.63) is 52.4 Å². The van der Waals surface area contributed by atoms with E-state index in [1.807, 2.05) is 18.3 Å². The third kappa shape index (κ3) is 4.80. The number of quaternary nitrogens is 1. The molecule has 176 valence electrons. The molecular formula is C24H29ClN3O3S2+. The van der Waals surface area contributed by atoms with Crippen molar-refractivity contribution in [1.29, 1.82) is 0 Å². The number of hydrogen-bond donors (Lipinski definition) is 0. The number of fused-ring (bicyclic) bond motifs is 1. The van der Waals surface area contributed by atoms with Crippen molar-refractivity contribution in [2.45, 2.75) is 44.0 Å². The summed E-state index contributed by atoms with van der Waals surface area (Å²) in [4.78, 5) is 19.1. The Hall–Kier alpha value is -2.00. The molecule has 1 aliphatic heterocycles. The van der Waals surface area contributed by atoms with Gasteiger partial charge in [0, 0.05) is 18.6 Å². The van der Waals surface area contributed by atoms with E-state index in [9.17, 15) is 13.2 Å². The highest BCUT2D eigenvalue weighted by Crippen LogP contribution is 2.33. The highest BCUT2D eigenvalue weighted by atomic mass is 35.5. The van der Waals surface area contributed by atoms with E-state index in [2.05, 4.69) is 16.5 Å². The zero-order valence-electron chi connectivity index (χ0n) is 19.0. The number of amides is 1. The molecule has 1 fully saturated rings. The SMILES string of the molecule is CCn1cc([N+]2(C(=O)CCS(=O)(=O)c3ccc4cc(Cl)ccc4c3)CCCCC2)sc1=NC. The average molecular weight is 507 g/mol. The molecule has 0 N–H and O–H groups in total. The van der Waals surface area contributed by atoms with Crippen LogP contribution in [0.2, 0.25) is 5.02 Å². The summed E-state index contributed by atoms with van der Waals surface area (Å²) in [7, 11) is -1.84. The lowest BCUT2D eigenvalue weighted by Gasteiger charge is -2.36. The summed E-state index contributed by atoms with van der Waals surface area (Å²) >= 11 is 7.57. The number of halogens is 1. The Labute approximate surface area is 203 Å². The van der Waals surface area contributed by atoms with Gasteiger partial charge in [-0.25, -0.2) is 17.7 Å². The summed E-state index contributed by atoms with van der Waals surface area (Å²) in [6, 6.07) is 10.4. The molecule has 0 atom stereocenters. The van der Waals surface area contributed by atoms with Gasteiger partial charge in [0.25, 0.3) is 0 Å². The van der Waals surface area contributed by atoms with Crippen LogP contribution in [0.15, 0.2) is 52.5 Å². The third-order valence-corrected chi connectivity index (χ3v) is 9.65. The fourth-order valence-corrected chi connectivity index (χ4v) is 7.21. The quantitative estimate of drug-likeness (QED) is 0.451. The molecule has 6 nitrogen and oxygen atoms in total. The molecule has 9 heteroatoms. The van der Waals surface area contributed by atoms with Gasteiger partial charge in [-0.3, -0.25) is 4.99 Å². The number of benzene rings is 2. The van der Waals surface area contributed by atoms with E-state index in [1.54, 1.807) is 31.3 Å². The highest BCUT2D eigenvalue weighted by Gasteiger charge is 2.42. The summed E-state index contributed by atoms with van der Waals surface area (Å²) in [5.74, 6) is -0.229. The van der Waals surface area contributed by atoms with Crippen molar-refractivity contribution in [2.24, 2.45) is 4.99 Å². The highest BCUT2D eigenvalue weighted by molar-refractivity contribution is 7.91. The summed E-state index contributed by atoms with van der Waals surface area (Å²) in [6.45, 7) is 4.25. The Morgan fingerprint density at radius 3 is 2.48 bits per heavy atom. The van der Waals surface area contributed by atoms with E-state index in [0.717, 1.165) is 46.4 Å². The fraction of sp³-hybridized carbons (Fsp3) is 0.417. The Kier molecular flexibility index (Phi) is 7.09. The number of sulfone groups is 1. The average Bonchev–Trinajstić information content (AvgIpc) is 3.26. The Bertz CT molecular complexity index is 1350. The second-order valence-corrected chi connectivity index (χ2v) is 12.0. The van der Waals surface area contributed by atoms with E-state index in [1.165, 1.54) is 11.3 Å². The first-order valence-corrected chi connectivity index (χ1v) is 14.1. The van der Waals surface area contributed by atoms with E-state index >= 15 is 0 Å². The first-order chi connectivity index (χ1) is 15.8. The number of aryl methyl sites for hydroxylation is 1. The van der Waals surface area contributed by atoms with Crippen LogP contribution in [0.3, 0.4) is 0 Å². The first kappa shape index (κ1) is 24.1. The second-order valence-electron chi connectivity index (χ2n) is 8.45. The molecular weight excluding hydrogens is 478 g/mol. The molecule has 0 radical (unpaired) electrons. The number of rotatable bonds is 6. The zero-order valence-corrected chi connectivity index (χ0v) is 21.3. The monoisotopic (exact) mass is 506 g/mol. The molecule has 0 spiro atoms. The van der Waals surface area contributed by atoms with Gasteiger partial charge in [0.1, 0.15) is 0 Å². The van der Waals surface area contributed by atoms with Gasteiger partial charge in [-0.05, 0) is 72.6 Å². The molecule has 0 aliphatic carbocycles. The predicted octanol–water partition coefficient (Wildman–Crippen LogP) is 4.79. The molecule has 0 bridgehead atoms. The Morgan fingerprint density at radius 1 is 1.12 bits per heavy atom. The molecule has 1 aromatic heterocycles. The predicted molar refractivity (Wildman–Crippen MR) is 135 cm³/mol. The van der Waals surface area contributed by atoms with Crippen molar-refractivity contribution < 1.29 is 13.2 Å². The zero-order chi connectivity index (χ0) is 23.6. The van der Waals surface area contributed by atoms with Gasteiger partial charge in [-0.1, -0.05) is 23.7 Å². The maximum Gasteiger partial charge on any atom is 0.320 e. The summed E-state index contributed by atoms with van der Waals surface area (Å²) < 4.78 is 28.5. The lowest BCUT2D eigenvalue weighted by atomic mass is 10.1. The van der Waals surface area contributed by atoms with Crippen LogP contribution in [0.4, 0.5) is 5.00 Å². The van der Waals surface area contributed by atoms with Gasteiger partial charge in [-0.2, -0.15) is 0 Å². The van der Waals surface area contributed by atoms with Crippen molar-refractivity contribution >= 4 is 54.5 Å². The molecule has 1 aliphatic rings. The Balaban J connectivity index is 1.60. The topological polar surface area (TPSA) is 68.5 Å². The maximum absolute atomic E-state index is 13.6. The van der Waals surface area contributed by atoms with Crippen LogP contribution in [0, 0.1) is 0 Å². The fourth-order valence-electron chi connectivity index (χ4n) is 4.55. The van der Waals surface area contributed by atoms with Gasteiger partial charge >= 0.3 is 5.91 Å². The van der Waals surface area contributed by atoms with Crippen LogP contribution in [-0.4, -0.2) is 44.8 Å². The summed E-state index contributed by atoms with van der Waals surface area (Å²) in [6.07, 6.45) is 5.02. The second kappa shape index (κ2) is 9.70. The summed E-state index contributed by atoms with van der Waals surface area (Å²) in [5, 5.41) is 3.26. The molecule has 1 saturated heterocycles. The maximum atomic E-state index is 13.6. The van der Waals surface area contributed by atoms with Gasteiger partial charge < -0.3 is 4.57 Å². The van der Waals surface area contributed by atoms with Crippen molar-refractivity contribution in [3.63, 3.8) is 0 Å². The van der Waals surface area contributed by atoms with Crippen LogP contribution < -0.4 is 9.28 Å². The molecule has 0 saturated carbocycles. The molecule has 33 heavy (non-hydrogen) atoms. The van der Waals surface area contributed by atoms with E-state index in [-0.39, 0.29) is 27.5 Å². The van der Waals surface area contributed by atoms with Crippen molar-refractivity contribution in [2.75, 3.05) is 25.9 Å². The van der Waals surface area contributed by atoms with Crippen molar-refractivity contribution in [3.8, 4) is 0 Å². The molecule has 4 rings (SSSR count). The largest absolute Gasteiger partial charge is 0.320 e. The number of piperidine rings is 1. The minimum Gasteiger partial charge on any atom is -0.318 e.